The Morgan fingerprint density at radius 1 is 1.23 bits per heavy atom. The second kappa shape index (κ2) is 11.4. The fourth-order valence-corrected chi connectivity index (χ4v) is 0.917. The molecular weight excluding hydrogens is 168 g/mol. The first-order chi connectivity index (χ1) is 6.04. The zero-order valence-corrected chi connectivity index (χ0v) is 8.92. The first-order valence-corrected chi connectivity index (χ1v) is 4.92. The summed E-state index contributed by atoms with van der Waals surface area (Å²) in [5.74, 6) is -0.833. The third kappa shape index (κ3) is 24.6. The van der Waals surface area contributed by atoms with Gasteiger partial charge in [-0.05, 0) is 12.8 Å². The van der Waals surface area contributed by atoms with Crippen LogP contribution < -0.4 is 0 Å². The van der Waals surface area contributed by atoms with Crippen LogP contribution in [0.4, 0.5) is 0 Å². The normalized spacial score (nSPS) is 11.4. The maximum Gasteiger partial charge on any atom is 0.300 e. The number of carboxylic acids is 1. The van der Waals surface area contributed by atoms with Crippen LogP contribution in [-0.2, 0) is 4.79 Å². The van der Waals surface area contributed by atoms with E-state index in [0.717, 1.165) is 26.2 Å². The van der Waals surface area contributed by atoms with Gasteiger partial charge in [-0.3, -0.25) is 4.79 Å². The maximum absolute atomic E-state index is 9.18. The van der Waals surface area contributed by atoms with Crippen LogP contribution in [0.2, 0.25) is 0 Å². The Labute approximate surface area is 80.8 Å². The minimum Gasteiger partial charge on any atom is -0.481 e. The Kier molecular flexibility index (Phi) is 13.1. The van der Waals surface area contributed by atoms with Crippen molar-refractivity contribution in [2.45, 2.75) is 59.0 Å². The molecule has 2 N–H and O–H groups in total. The molecule has 0 aromatic carbocycles. The van der Waals surface area contributed by atoms with Crippen molar-refractivity contribution in [2.24, 2.45) is 0 Å². The van der Waals surface area contributed by atoms with Crippen LogP contribution >= 0.6 is 0 Å². The van der Waals surface area contributed by atoms with E-state index < -0.39 is 5.97 Å². The molecule has 0 fully saturated rings. The summed E-state index contributed by atoms with van der Waals surface area (Å²) >= 11 is 0. The van der Waals surface area contributed by atoms with Crippen molar-refractivity contribution in [3.05, 3.63) is 0 Å². The average Bonchev–Trinajstić information content (AvgIpc) is 2.00. The van der Waals surface area contributed by atoms with Crippen molar-refractivity contribution >= 4 is 5.97 Å². The van der Waals surface area contributed by atoms with Gasteiger partial charge in [0.15, 0.2) is 0 Å². The predicted molar refractivity (Wildman–Crippen MR) is 53.7 cm³/mol. The van der Waals surface area contributed by atoms with Crippen molar-refractivity contribution < 1.29 is 15.0 Å². The molecule has 0 aliphatic carbocycles. The average molecular weight is 190 g/mol. The number of rotatable bonds is 5. The van der Waals surface area contributed by atoms with Gasteiger partial charge >= 0.3 is 0 Å². The predicted octanol–water partition coefficient (Wildman–Crippen LogP) is 2.43. The topological polar surface area (TPSA) is 57.5 Å². The number of aliphatic hydroxyl groups is 1. The van der Waals surface area contributed by atoms with E-state index in [1.165, 1.54) is 12.8 Å². The van der Waals surface area contributed by atoms with Crippen molar-refractivity contribution in [1.82, 2.24) is 0 Å². The molecule has 0 aromatic heterocycles. The fourth-order valence-electron chi connectivity index (χ4n) is 0.917. The Bertz CT molecular complexity index is 109. The highest BCUT2D eigenvalue weighted by molar-refractivity contribution is 5.62. The SMILES string of the molecule is CC(=O)O.CCCCC(O)CCC. The Morgan fingerprint density at radius 3 is 2.00 bits per heavy atom. The lowest BCUT2D eigenvalue weighted by Gasteiger charge is -2.06. The summed E-state index contributed by atoms with van der Waals surface area (Å²) in [5.41, 5.74) is 0. The number of carboxylic acid groups (broad SMARTS) is 1. The molecule has 0 radical (unpaired) electrons. The summed E-state index contributed by atoms with van der Waals surface area (Å²) < 4.78 is 0. The smallest absolute Gasteiger partial charge is 0.300 e. The van der Waals surface area contributed by atoms with E-state index in [4.69, 9.17) is 9.90 Å². The maximum atomic E-state index is 9.18. The minimum atomic E-state index is -0.833. The molecule has 0 saturated heterocycles. The molecule has 3 heteroatoms. The number of hydrogen-bond acceptors (Lipinski definition) is 2. The highest BCUT2D eigenvalue weighted by atomic mass is 16.4. The summed E-state index contributed by atoms with van der Waals surface area (Å²) in [4.78, 5) is 9.00. The van der Waals surface area contributed by atoms with Gasteiger partial charge < -0.3 is 10.2 Å². The molecule has 0 aliphatic rings. The third-order valence-electron chi connectivity index (χ3n) is 1.51. The van der Waals surface area contributed by atoms with Crippen LogP contribution in [0.15, 0.2) is 0 Å². The minimum absolute atomic E-state index is 0.0325. The Balaban J connectivity index is 0. The van der Waals surface area contributed by atoms with Crippen molar-refractivity contribution in [3.8, 4) is 0 Å². The molecule has 3 nitrogen and oxygen atoms in total. The fraction of sp³-hybridized carbons (Fsp3) is 0.900. The highest BCUT2D eigenvalue weighted by Gasteiger charge is 1.99. The molecule has 0 amide bonds. The van der Waals surface area contributed by atoms with Gasteiger partial charge in [-0.15, -0.1) is 0 Å². The second-order valence-electron chi connectivity index (χ2n) is 3.10. The molecule has 0 heterocycles. The number of carbonyl (C=O) groups is 1. The first kappa shape index (κ1) is 14.9. The molecule has 13 heavy (non-hydrogen) atoms. The number of unbranched alkanes of at least 4 members (excludes halogenated alkanes) is 1. The van der Waals surface area contributed by atoms with Gasteiger partial charge in [0.2, 0.25) is 0 Å². The van der Waals surface area contributed by atoms with Gasteiger partial charge in [0, 0.05) is 6.92 Å². The summed E-state index contributed by atoms with van der Waals surface area (Å²) in [6.45, 7) is 5.34. The summed E-state index contributed by atoms with van der Waals surface area (Å²) in [7, 11) is 0. The highest BCUT2D eigenvalue weighted by Crippen LogP contribution is 2.05. The van der Waals surface area contributed by atoms with Crippen LogP contribution in [0.1, 0.15) is 52.9 Å². The summed E-state index contributed by atoms with van der Waals surface area (Å²) in [6, 6.07) is 0. The lowest BCUT2D eigenvalue weighted by atomic mass is 10.1. The molecule has 0 aliphatic heterocycles. The lowest BCUT2D eigenvalue weighted by Crippen LogP contribution is -2.04. The van der Waals surface area contributed by atoms with Crippen LogP contribution in [0.25, 0.3) is 0 Å². The molecule has 0 rings (SSSR count). The standard InChI is InChI=1S/C8H18O.C2H4O2/c1-3-5-7-8(9)6-4-2;1-2(3)4/h8-9H,3-7H2,1-2H3;1H3,(H,3,4). The van der Waals surface area contributed by atoms with Crippen molar-refractivity contribution in [1.29, 1.82) is 0 Å². The molecule has 1 unspecified atom stereocenters. The number of aliphatic hydroxyl groups excluding tert-OH is 1. The lowest BCUT2D eigenvalue weighted by molar-refractivity contribution is -0.134. The van der Waals surface area contributed by atoms with E-state index in [2.05, 4.69) is 13.8 Å². The van der Waals surface area contributed by atoms with Crippen LogP contribution in [-0.4, -0.2) is 22.3 Å². The first-order valence-electron chi connectivity index (χ1n) is 4.92. The van der Waals surface area contributed by atoms with E-state index in [-0.39, 0.29) is 6.10 Å². The molecule has 1 atom stereocenters. The van der Waals surface area contributed by atoms with Gasteiger partial charge in [0.1, 0.15) is 0 Å². The largest absolute Gasteiger partial charge is 0.481 e. The number of aliphatic carboxylic acids is 1. The summed E-state index contributed by atoms with van der Waals surface area (Å²) in [6.07, 6.45) is 5.40. The van der Waals surface area contributed by atoms with Gasteiger partial charge in [-0.2, -0.15) is 0 Å². The molecule has 0 saturated carbocycles. The van der Waals surface area contributed by atoms with E-state index >= 15 is 0 Å². The second-order valence-corrected chi connectivity index (χ2v) is 3.10. The number of hydrogen-bond donors (Lipinski definition) is 2. The molecular formula is C10H22O3. The van der Waals surface area contributed by atoms with E-state index in [1.807, 2.05) is 0 Å². The van der Waals surface area contributed by atoms with Crippen LogP contribution in [0.3, 0.4) is 0 Å². The van der Waals surface area contributed by atoms with Crippen molar-refractivity contribution in [3.63, 3.8) is 0 Å². The van der Waals surface area contributed by atoms with E-state index in [0.29, 0.717) is 0 Å². The van der Waals surface area contributed by atoms with E-state index in [9.17, 15) is 5.11 Å². The molecule has 80 valence electrons. The third-order valence-corrected chi connectivity index (χ3v) is 1.51. The van der Waals surface area contributed by atoms with Gasteiger partial charge in [0.25, 0.3) is 5.97 Å². The van der Waals surface area contributed by atoms with Crippen molar-refractivity contribution in [2.75, 3.05) is 0 Å². The molecule has 0 spiro atoms. The zero-order chi connectivity index (χ0) is 10.7. The van der Waals surface area contributed by atoms with Crippen LogP contribution in [0, 0.1) is 0 Å². The van der Waals surface area contributed by atoms with Gasteiger partial charge in [-0.1, -0.05) is 33.1 Å². The zero-order valence-electron chi connectivity index (χ0n) is 8.92. The monoisotopic (exact) mass is 190 g/mol. The van der Waals surface area contributed by atoms with Crippen LogP contribution in [0.5, 0.6) is 0 Å². The molecule has 0 bridgehead atoms. The quantitative estimate of drug-likeness (QED) is 0.700. The van der Waals surface area contributed by atoms with Gasteiger partial charge in [0.05, 0.1) is 6.10 Å². The van der Waals surface area contributed by atoms with Gasteiger partial charge in [-0.25, -0.2) is 0 Å². The Hall–Kier alpha value is -0.570. The van der Waals surface area contributed by atoms with E-state index in [1.54, 1.807) is 0 Å². The molecule has 0 aromatic rings. The summed E-state index contributed by atoms with van der Waals surface area (Å²) in [5, 5.41) is 16.6. The Morgan fingerprint density at radius 2 is 1.69 bits per heavy atom.